The molecule has 1 aromatic rings. The Morgan fingerprint density at radius 3 is 2.75 bits per heavy atom. The zero-order valence-corrected chi connectivity index (χ0v) is 12.3. The molecule has 6 nitrogen and oxygen atoms in total. The molecule has 2 heterocycles. The van der Waals surface area contributed by atoms with Crippen molar-refractivity contribution in [2.75, 3.05) is 20.1 Å². The van der Waals surface area contributed by atoms with Crippen molar-refractivity contribution >= 4 is 23.2 Å². The normalized spacial score (nSPS) is 16.9. The second-order valence-corrected chi connectivity index (χ2v) is 5.83. The number of hydrazine groups is 1. The molecule has 0 aliphatic carbocycles. The van der Waals surface area contributed by atoms with E-state index in [1.807, 2.05) is 11.4 Å². The molecule has 2 amide bonds. The van der Waals surface area contributed by atoms with Crippen molar-refractivity contribution in [2.24, 2.45) is 11.8 Å². The van der Waals surface area contributed by atoms with E-state index in [1.165, 1.54) is 11.3 Å². The number of amides is 2. The van der Waals surface area contributed by atoms with Gasteiger partial charge in [0.05, 0.1) is 4.88 Å². The van der Waals surface area contributed by atoms with Crippen LogP contribution in [0.2, 0.25) is 0 Å². The van der Waals surface area contributed by atoms with E-state index in [-0.39, 0.29) is 17.7 Å². The first kappa shape index (κ1) is 15.0. The topological polar surface area (TPSA) is 87.5 Å². The summed E-state index contributed by atoms with van der Waals surface area (Å²) in [4.78, 5) is 26.1. The lowest BCUT2D eigenvalue weighted by molar-refractivity contribution is -0.125. The van der Waals surface area contributed by atoms with Gasteiger partial charge in [0.2, 0.25) is 5.91 Å². The highest BCUT2D eigenvalue weighted by Crippen LogP contribution is 2.22. The van der Waals surface area contributed by atoms with Crippen molar-refractivity contribution in [1.82, 2.24) is 15.6 Å². The number of piperidine rings is 1. The van der Waals surface area contributed by atoms with Gasteiger partial charge in [-0.15, -0.1) is 11.3 Å². The van der Waals surface area contributed by atoms with Crippen molar-refractivity contribution in [3.8, 4) is 0 Å². The van der Waals surface area contributed by atoms with Crippen LogP contribution in [0.15, 0.2) is 11.4 Å². The number of nitrogens with one attached hydrogen (secondary N) is 2. The van der Waals surface area contributed by atoms with Crippen LogP contribution in [0.3, 0.4) is 0 Å². The smallest absolute Gasteiger partial charge is 0.275 e. The van der Waals surface area contributed by atoms with E-state index in [4.69, 9.17) is 5.84 Å². The first-order valence-electron chi connectivity index (χ1n) is 6.67. The second-order valence-electron chi connectivity index (χ2n) is 4.91. The molecular weight excluding hydrogens is 276 g/mol. The molecule has 0 atom stereocenters. The molecule has 0 aromatic carbocycles. The molecule has 0 spiro atoms. The number of nitrogens with two attached hydrogens (primary N) is 1. The van der Waals surface area contributed by atoms with Crippen LogP contribution in [0.25, 0.3) is 0 Å². The highest BCUT2D eigenvalue weighted by molar-refractivity contribution is 7.12. The van der Waals surface area contributed by atoms with Crippen LogP contribution in [0, 0.1) is 5.92 Å². The predicted octanol–water partition coefficient (Wildman–Crippen LogP) is 0.310. The quantitative estimate of drug-likeness (QED) is 0.424. The molecule has 1 aliphatic rings. The Hall–Kier alpha value is -1.44. The molecule has 7 heteroatoms. The fourth-order valence-corrected chi connectivity index (χ4v) is 3.34. The lowest BCUT2D eigenvalue weighted by Gasteiger charge is -2.31. The molecule has 1 aromatic heterocycles. The molecule has 2 rings (SSSR count). The minimum absolute atomic E-state index is 0.116. The monoisotopic (exact) mass is 296 g/mol. The highest BCUT2D eigenvalue weighted by Gasteiger charge is 2.25. The number of nitrogens with zero attached hydrogens (tertiary/aromatic N) is 1. The average Bonchev–Trinajstić information content (AvgIpc) is 2.94. The maximum atomic E-state index is 11.6. The first-order chi connectivity index (χ1) is 9.65. The third kappa shape index (κ3) is 3.36. The molecule has 1 aliphatic heterocycles. The van der Waals surface area contributed by atoms with E-state index >= 15 is 0 Å². The Bertz CT molecular complexity index is 480. The van der Waals surface area contributed by atoms with Gasteiger partial charge in [-0.2, -0.15) is 0 Å². The summed E-state index contributed by atoms with van der Waals surface area (Å²) in [6.07, 6.45) is 1.73. The third-order valence-corrected chi connectivity index (χ3v) is 4.64. The molecule has 1 fully saturated rings. The van der Waals surface area contributed by atoms with Crippen LogP contribution >= 0.6 is 11.3 Å². The molecule has 4 N–H and O–H groups in total. The number of carbonyl (C=O) groups excluding carboxylic acids is 2. The third-order valence-electron chi connectivity index (χ3n) is 3.68. The molecule has 110 valence electrons. The van der Waals surface area contributed by atoms with Gasteiger partial charge in [0, 0.05) is 19.5 Å². The van der Waals surface area contributed by atoms with Crippen LogP contribution in [0.1, 0.15) is 28.1 Å². The van der Waals surface area contributed by atoms with Gasteiger partial charge in [0.1, 0.15) is 0 Å². The molecule has 1 saturated heterocycles. The summed E-state index contributed by atoms with van der Waals surface area (Å²) in [6.45, 7) is 2.47. The molecule has 0 saturated carbocycles. The van der Waals surface area contributed by atoms with Gasteiger partial charge < -0.3 is 5.32 Å². The minimum Gasteiger partial charge on any atom is -0.359 e. The maximum absolute atomic E-state index is 11.6. The lowest BCUT2D eigenvalue weighted by atomic mass is 9.95. The molecule has 20 heavy (non-hydrogen) atoms. The Balaban J connectivity index is 1.91. The molecular formula is C13H20N4O2S. The zero-order valence-electron chi connectivity index (χ0n) is 11.5. The van der Waals surface area contributed by atoms with E-state index in [2.05, 4.69) is 15.6 Å². The average molecular weight is 296 g/mol. The van der Waals surface area contributed by atoms with Crippen LogP contribution in [0.5, 0.6) is 0 Å². The van der Waals surface area contributed by atoms with Gasteiger partial charge in [-0.05, 0) is 42.9 Å². The van der Waals surface area contributed by atoms with E-state index in [1.54, 1.807) is 7.05 Å². The van der Waals surface area contributed by atoms with Gasteiger partial charge in [-0.25, -0.2) is 5.84 Å². The van der Waals surface area contributed by atoms with Gasteiger partial charge >= 0.3 is 0 Å². The molecule has 0 bridgehead atoms. The Morgan fingerprint density at radius 1 is 1.45 bits per heavy atom. The summed E-state index contributed by atoms with van der Waals surface area (Å²) in [5.74, 6) is 5.19. The van der Waals surface area contributed by atoms with E-state index < -0.39 is 0 Å². The van der Waals surface area contributed by atoms with Crippen molar-refractivity contribution < 1.29 is 9.59 Å². The van der Waals surface area contributed by atoms with Crippen molar-refractivity contribution in [3.05, 3.63) is 21.9 Å². The number of rotatable bonds is 4. The van der Waals surface area contributed by atoms with Crippen LogP contribution < -0.4 is 16.6 Å². The van der Waals surface area contributed by atoms with Crippen molar-refractivity contribution in [2.45, 2.75) is 19.4 Å². The largest absolute Gasteiger partial charge is 0.359 e. The number of thiophene rings is 1. The Kier molecular flexibility index (Phi) is 5.11. The van der Waals surface area contributed by atoms with Crippen LogP contribution in [-0.4, -0.2) is 36.9 Å². The molecule has 0 radical (unpaired) electrons. The predicted molar refractivity (Wildman–Crippen MR) is 78.0 cm³/mol. The van der Waals surface area contributed by atoms with Gasteiger partial charge in [0.15, 0.2) is 0 Å². The highest BCUT2D eigenvalue weighted by atomic mass is 32.1. The summed E-state index contributed by atoms with van der Waals surface area (Å²) >= 11 is 1.40. The number of carbonyl (C=O) groups is 2. The lowest BCUT2D eigenvalue weighted by Crippen LogP contribution is -2.39. The van der Waals surface area contributed by atoms with Gasteiger partial charge in [0.25, 0.3) is 5.91 Å². The SMILES string of the molecule is CNC(=O)C1CCN(Cc2ccsc2C(=O)NN)CC1. The van der Waals surface area contributed by atoms with Crippen LogP contribution in [0.4, 0.5) is 0 Å². The van der Waals surface area contributed by atoms with Gasteiger partial charge in [-0.3, -0.25) is 19.9 Å². The fourth-order valence-electron chi connectivity index (χ4n) is 2.52. The summed E-state index contributed by atoms with van der Waals surface area (Å²) in [6, 6.07) is 1.96. The summed E-state index contributed by atoms with van der Waals surface area (Å²) in [5.41, 5.74) is 3.17. The van der Waals surface area contributed by atoms with Crippen molar-refractivity contribution in [1.29, 1.82) is 0 Å². The Morgan fingerprint density at radius 2 is 2.15 bits per heavy atom. The minimum atomic E-state index is -0.241. The molecule has 0 unspecified atom stereocenters. The number of nitrogen functional groups attached to an aromatic ring is 1. The second kappa shape index (κ2) is 6.83. The zero-order chi connectivity index (χ0) is 14.5. The summed E-state index contributed by atoms with van der Waals surface area (Å²) in [7, 11) is 1.68. The van der Waals surface area contributed by atoms with Crippen molar-refractivity contribution in [3.63, 3.8) is 0 Å². The standard InChI is InChI=1S/C13H20N4O2S/c1-15-12(18)9-2-5-17(6-3-9)8-10-4-7-20-11(10)13(19)16-14/h4,7,9H,2-3,5-6,8,14H2,1H3,(H,15,18)(H,16,19). The fraction of sp³-hybridized carbons (Fsp3) is 0.538. The maximum Gasteiger partial charge on any atom is 0.275 e. The summed E-state index contributed by atoms with van der Waals surface area (Å²) < 4.78 is 0. The number of likely N-dealkylation sites (tertiary alicyclic amines) is 1. The van der Waals surface area contributed by atoms with Crippen LogP contribution in [-0.2, 0) is 11.3 Å². The van der Waals surface area contributed by atoms with E-state index in [0.29, 0.717) is 4.88 Å². The number of hydrogen-bond acceptors (Lipinski definition) is 5. The van der Waals surface area contributed by atoms with E-state index in [0.717, 1.165) is 38.0 Å². The Labute approximate surface area is 122 Å². The van der Waals surface area contributed by atoms with E-state index in [9.17, 15) is 9.59 Å². The van der Waals surface area contributed by atoms with Gasteiger partial charge in [-0.1, -0.05) is 0 Å². The number of hydrogen-bond donors (Lipinski definition) is 3. The first-order valence-corrected chi connectivity index (χ1v) is 7.55. The summed E-state index contributed by atoms with van der Waals surface area (Å²) in [5, 5.41) is 4.60.